The zero-order chi connectivity index (χ0) is 14.4. The number of aromatic nitrogens is 2. The van der Waals surface area contributed by atoms with E-state index in [0.717, 1.165) is 5.52 Å². The number of aromatic carboxylic acids is 2. The third kappa shape index (κ3) is 1.62. The van der Waals surface area contributed by atoms with Crippen LogP contribution < -0.4 is 0 Å². The molecule has 1 aromatic carbocycles. The number of aromatic amines is 1. The summed E-state index contributed by atoms with van der Waals surface area (Å²) in [5.41, 5.74) is 2.08. The Morgan fingerprint density at radius 3 is 2.55 bits per heavy atom. The Balaban J connectivity index is 2.45. The van der Waals surface area contributed by atoms with Crippen LogP contribution in [0.5, 0.6) is 0 Å². The van der Waals surface area contributed by atoms with Crippen LogP contribution in [0.4, 0.5) is 0 Å². The Kier molecular flexibility index (Phi) is 2.47. The molecule has 6 nitrogen and oxygen atoms in total. The summed E-state index contributed by atoms with van der Waals surface area (Å²) in [6.07, 6.45) is 1.45. The van der Waals surface area contributed by atoms with Crippen LogP contribution in [0, 0.1) is 6.92 Å². The van der Waals surface area contributed by atoms with Crippen LogP contribution >= 0.6 is 0 Å². The van der Waals surface area contributed by atoms with Gasteiger partial charge in [0.25, 0.3) is 0 Å². The highest BCUT2D eigenvalue weighted by atomic mass is 16.4. The monoisotopic (exact) mass is 270 g/mol. The molecule has 0 atom stereocenters. The lowest BCUT2D eigenvalue weighted by Gasteiger charge is -2.02. The number of nitrogens with one attached hydrogen (secondary N) is 1. The van der Waals surface area contributed by atoms with E-state index in [9.17, 15) is 9.59 Å². The van der Waals surface area contributed by atoms with Gasteiger partial charge in [0.2, 0.25) is 0 Å². The van der Waals surface area contributed by atoms with Gasteiger partial charge in [-0.1, -0.05) is 0 Å². The number of fused-ring (bicyclic) bond motifs is 3. The van der Waals surface area contributed by atoms with E-state index in [0.29, 0.717) is 21.9 Å². The van der Waals surface area contributed by atoms with Gasteiger partial charge in [-0.25, -0.2) is 14.6 Å². The average Bonchev–Trinajstić information content (AvgIpc) is 2.76. The van der Waals surface area contributed by atoms with Crippen molar-refractivity contribution in [2.24, 2.45) is 0 Å². The number of H-pyrrole nitrogens is 1. The molecule has 0 radical (unpaired) electrons. The molecule has 2 aromatic heterocycles. The molecule has 20 heavy (non-hydrogen) atoms. The number of carboxylic acid groups (broad SMARTS) is 2. The average molecular weight is 270 g/mol. The van der Waals surface area contributed by atoms with E-state index in [1.165, 1.54) is 18.3 Å². The second-order valence-electron chi connectivity index (χ2n) is 4.52. The van der Waals surface area contributed by atoms with Crippen molar-refractivity contribution >= 4 is 33.7 Å². The van der Waals surface area contributed by atoms with Gasteiger partial charge in [0.1, 0.15) is 0 Å². The van der Waals surface area contributed by atoms with E-state index in [2.05, 4.69) is 9.97 Å². The van der Waals surface area contributed by atoms with Crippen LogP contribution in [0.15, 0.2) is 24.4 Å². The summed E-state index contributed by atoms with van der Waals surface area (Å²) in [4.78, 5) is 29.2. The molecule has 3 aromatic rings. The summed E-state index contributed by atoms with van der Waals surface area (Å²) in [5.74, 6) is -2.13. The maximum absolute atomic E-state index is 11.1. The van der Waals surface area contributed by atoms with Crippen molar-refractivity contribution in [3.05, 3.63) is 41.2 Å². The number of hydrogen-bond acceptors (Lipinski definition) is 3. The Labute approximate surface area is 112 Å². The molecule has 0 saturated carbocycles. The SMILES string of the molecule is Cc1c(C(=O)O)ncc2[nH]c3ccc(C(=O)O)cc3c12. The van der Waals surface area contributed by atoms with Crippen LogP contribution in [0.2, 0.25) is 0 Å². The third-order valence-electron chi connectivity index (χ3n) is 3.33. The van der Waals surface area contributed by atoms with Gasteiger partial charge in [-0.15, -0.1) is 0 Å². The Morgan fingerprint density at radius 2 is 1.90 bits per heavy atom. The summed E-state index contributed by atoms with van der Waals surface area (Å²) in [5, 5.41) is 19.5. The fourth-order valence-electron chi connectivity index (χ4n) is 2.41. The fourth-order valence-corrected chi connectivity index (χ4v) is 2.41. The third-order valence-corrected chi connectivity index (χ3v) is 3.33. The molecule has 6 heteroatoms. The van der Waals surface area contributed by atoms with E-state index in [1.807, 2.05) is 0 Å². The number of hydrogen-bond donors (Lipinski definition) is 3. The lowest BCUT2D eigenvalue weighted by atomic mass is 10.0. The molecule has 0 aliphatic carbocycles. The van der Waals surface area contributed by atoms with Crippen molar-refractivity contribution in [2.75, 3.05) is 0 Å². The van der Waals surface area contributed by atoms with Crippen LogP contribution in [0.25, 0.3) is 21.8 Å². The molecule has 3 N–H and O–H groups in total. The van der Waals surface area contributed by atoms with E-state index in [1.54, 1.807) is 13.0 Å². The predicted octanol–water partition coefficient (Wildman–Crippen LogP) is 2.42. The highest BCUT2D eigenvalue weighted by molar-refractivity contribution is 6.12. The second-order valence-corrected chi connectivity index (χ2v) is 4.52. The molecule has 0 fully saturated rings. The molecule has 2 heterocycles. The van der Waals surface area contributed by atoms with E-state index < -0.39 is 11.9 Å². The molecule has 0 spiro atoms. The molecule has 100 valence electrons. The molecule has 3 rings (SSSR count). The first-order valence-electron chi connectivity index (χ1n) is 5.86. The molecule has 0 bridgehead atoms. The Hall–Kier alpha value is -2.89. The number of rotatable bonds is 2. The van der Waals surface area contributed by atoms with Gasteiger partial charge in [0.05, 0.1) is 17.3 Å². The fraction of sp³-hybridized carbons (Fsp3) is 0.0714. The van der Waals surface area contributed by atoms with Gasteiger partial charge >= 0.3 is 11.9 Å². The first-order valence-corrected chi connectivity index (χ1v) is 5.86. The zero-order valence-corrected chi connectivity index (χ0v) is 10.5. The number of aryl methyl sites for hydroxylation is 1. The molecular formula is C14H10N2O4. The van der Waals surface area contributed by atoms with Gasteiger partial charge in [-0.3, -0.25) is 0 Å². The van der Waals surface area contributed by atoms with Crippen LogP contribution in [0.3, 0.4) is 0 Å². The maximum Gasteiger partial charge on any atom is 0.354 e. The summed E-state index contributed by atoms with van der Waals surface area (Å²) < 4.78 is 0. The molecule has 0 saturated heterocycles. The van der Waals surface area contributed by atoms with Crippen LogP contribution in [0.1, 0.15) is 26.4 Å². The van der Waals surface area contributed by atoms with Crippen molar-refractivity contribution in [1.82, 2.24) is 9.97 Å². The van der Waals surface area contributed by atoms with Gasteiger partial charge in [0, 0.05) is 16.3 Å². The Bertz CT molecular complexity index is 880. The second kappa shape index (κ2) is 4.06. The van der Waals surface area contributed by atoms with Gasteiger partial charge < -0.3 is 15.2 Å². The largest absolute Gasteiger partial charge is 0.478 e. The van der Waals surface area contributed by atoms with Crippen LogP contribution in [-0.2, 0) is 0 Å². The van der Waals surface area contributed by atoms with E-state index in [4.69, 9.17) is 10.2 Å². The maximum atomic E-state index is 11.1. The van der Waals surface area contributed by atoms with Crippen molar-refractivity contribution < 1.29 is 19.8 Å². The number of nitrogens with zero attached hydrogens (tertiary/aromatic N) is 1. The zero-order valence-electron chi connectivity index (χ0n) is 10.5. The van der Waals surface area contributed by atoms with Crippen LogP contribution in [-0.4, -0.2) is 32.1 Å². The minimum Gasteiger partial charge on any atom is -0.478 e. The summed E-state index contributed by atoms with van der Waals surface area (Å²) in [6.45, 7) is 1.67. The van der Waals surface area contributed by atoms with Gasteiger partial charge in [-0.05, 0) is 30.7 Å². The van der Waals surface area contributed by atoms with E-state index >= 15 is 0 Å². The number of benzene rings is 1. The minimum atomic E-state index is -1.10. The number of carboxylic acids is 2. The number of pyridine rings is 1. The highest BCUT2D eigenvalue weighted by Gasteiger charge is 2.16. The Morgan fingerprint density at radius 1 is 1.15 bits per heavy atom. The molecule has 0 unspecified atom stereocenters. The first kappa shape index (κ1) is 12.2. The summed E-state index contributed by atoms with van der Waals surface area (Å²) in [6, 6.07) is 4.70. The molecule has 0 aliphatic heterocycles. The summed E-state index contributed by atoms with van der Waals surface area (Å²) in [7, 11) is 0. The highest BCUT2D eigenvalue weighted by Crippen LogP contribution is 2.29. The quantitative estimate of drug-likeness (QED) is 0.663. The van der Waals surface area contributed by atoms with Crippen molar-refractivity contribution in [3.63, 3.8) is 0 Å². The lowest BCUT2D eigenvalue weighted by Crippen LogP contribution is -2.03. The smallest absolute Gasteiger partial charge is 0.354 e. The van der Waals surface area contributed by atoms with Crippen molar-refractivity contribution in [2.45, 2.75) is 6.92 Å². The van der Waals surface area contributed by atoms with E-state index in [-0.39, 0.29) is 11.3 Å². The summed E-state index contributed by atoms with van der Waals surface area (Å²) >= 11 is 0. The van der Waals surface area contributed by atoms with Crippen molar-refractivity contribution in [3.8, 4) is 0 Å². The predicted molar refractivity (Wildman–Crippen MR) is 72.3 cm³/mol. The molecule has 0 amide bonds. The molecule has 0 aliphatic rings. The molecular weight excluding hydrogens is 260 g/mol. The lowest BCUT2D eigenvalue weighted by molar-refractivity contribution is 0.0682. The van der Waals surface area contributed by atoms with Crippen molar-refractivity contribution in [1.29, 1.82) is 0 Å². The number of carbonyl (C=O) groups is 2. The first-order chi connectivity index (χ1) is 9.49. The topological polar surface area (TPSA) is 103 Å². The normalized spacial score (nSPS) is 11.1. The standard InChI is InChI=1S/C14H10N2O4/c1-6-11-8-4-7(13(17)18)2-3-9(8)16-10(11)5-15-12(6)14(19)20/h2-5,16H,1H3,(H,17,18)(H,19,20). The van der Waals surface area contributed by atoms with Gasteiger partial charge in [0.15, 0.2) is 5.69 Å². The minimum absolute atomic E-state index is 0.0286. The van der Waals surface area contributed by atoms with Gasteiger partial charge in [-0.2, -0.15) is 0 Å².